The fourth-order valence-corrected chi connectivity index (χ4v) is 1.03. The van der Waals surface area contributed by atoms with Gasteiger partial charge in [-0.2, -0.15) is 5.26 Å². The van der Waals surface area contributed by atoms with Gasteiger partial charge in [-0.3, -0.25) is 0 Å². The molecule has 1 N–H and O–H groups in total. The lowest BCUT2D eigenvalue weighted by molar-refractivity contribution is 0.415. The van der Waals surface area contributed by atoms with E-state index in [0.29, 0.717) is 6.54 Å². The van der Waals surface area contributed by atoms with Gasteiger partial charge in [0.05, 0.1) is 19.1 Å². The molecule has 0 fully saturated rings. The molecule has 74 valence electrons. The number of nitrogens with zero attached hydrogens (tertiary/aromatic N) is 1. The summed E-state index contributed by atoms with van der Waals surface area (Å²) in [5, 5.41) is 11.8. The maximum atomic E-state index is 8.58. The fourth-order valence-electron chi connectivity index (χ4n) is 1.03. The van der Waals surface area contributed by atoms with Gasteiger partial charge in [0.25, 0.3) is 0 Å². The van der Waals surface area contributed by atoms with E-state index >= 15 is 0 Å². The second-order valence-corrected chi connectivity index (χ2v) is 3.14. The molecule has 1 aromatic carbocycles. The van der Waals surface area contributed by atoms with Crippen molar-refractivity contribution in [2.75, 3.05) is 19.0 Å². The number of nitriles is 1. The van der Waals surface area contributed by atoms with Crippen LogP contribution in [0.3, 0.4) is 0 Å². The van der Waals surface area contributed by atoms with Gasteiger partial charge in [0.15, 0.2) is 0 Å². The summed E-state index contributed by atoms with van der Waals surface area (Å²) < 4.78 is 5.04. The Morgan fingerprint density at radius 2 is 2.07 bits per heavy atom. The molecule has 0 amide bonds. The standard InChI is InChI=1S/C11H14N2O/c1-9(7-12)8-13-10-3-5-11(14-2)6-4-10/h3-6,9,13H,8H2,1-2H3. The highest BCUT2D eigenvalue weighted by molar-refractivity contribution is 5.46. The Balaban J connectivity index is 2.48. The minimum Gasteiger partial charge on any atom is -0.497 e. The molecule has 0 saturated heterocycles. The molecule has 3 nitrogen and oxygen atoms in total. The molecule has 0 aliphatic rings. The first-order valence-corrected chi connectivity index (χ1v) is 4.54. The molecule has 1 unspecified atom stereocenters. The molecule has 0 aliphatic heterocycles. The largest absolute Gasteiger partial charge is 0.497 e. The highest BCUT2D eigenvalue weighted by atomic mass is 16.5. The molecule has 0 radical (unpaired) electrons. The Labute approximate surface area is 84.3 Å². The molecule has 1 aromatic rings. The number of ether oxygens (including phenoxy) is 1. The Hall–Kier alpha value is -1.69. The van der Waals surface area contributed by atoms with Crippen LogP contribution in [0.25, 0.3) is 0 Å². The summed E-state index contributed by atoms with van der Waals surface area (Å²) in [5.41, 5.74) is 1.01. The SMILES string of the molecule is COc1ccc(NCC(C)C#N)cc1. The van der Waals surface area contributed by atoms with E-state index < -0.39 is 0 Å². The molecule has 0 heterocycles. The summed E-state index contributed by atoms with van der Waals surface area (Å²) >= 11 is 0. The predicted molar refractivity (Wildman–Crippen MR) is 56.3 cm³/mol. The van der Waals surface area contributed by atoms with Gasteiger partial charge < -0.3 is 10.1 Å². The van der Waals surface area contributed by atoms with Crippen LogP contribution in [-0.2, 0) is 0 Å². The number of benzene rings is 1. The number of methoxy groups -OCH3 is 1. The molecule has 0 aromatic heterocycles. The molecular formula is C11H14N2O. The summed E-state index contributed by atoms with van der Waals surface area (Å²) in [5.74, 6) is 0.862. The van der Waals surface area contributed by atoms with Crippen molar-refractivity contribution in [3.8, 4) is 11.8 Å². The second-order valence-electron chi connectivity index (χ2n) is 3.14. The summed E-state index contributed by atoms with van der Waals surface area (Å²) in [6.07, 6.45) is 0. The van der Waals surface area contributed by atoms with Crippen molar-refractivity contribution in [1.29, 1.82) is 5.26 Å². The molecular weight excluding hydrogens is 176 g/mol. The van der Waals surface area contributed by atoms with Crippen LogP contribution in [0.5, 0.6) is 5.75 Å². The topological polar surface area (TPSA) is 45.0 Å². The van der Waals surface area contributed by atoms with Gasteiger partial charge in [0.1, 0.15) is 5.75 Å². The van der Waals surface area contributed by atoms with Crippen molar-refractivity contribution in [2.45, 2.75) is 6.92 Å². The van der Waals surface area contributed by atoms with E-state index in [0.717, 1.165) is 11.4 Å². The highest BCUT2D eigenvalue weighted by Gasteiger charge is 1.98. The van der Waals surface area contributed by atoms with Gasteiger partial charge in [0, 0.05) is 12.2 Å². The van der Waals surface area contributed by atoms with Crippen molar-refractivity contribution in [2.24, 2.45) is 5.92 Å². The number of hydrogen-bond donors (Lipinski definition) is 1. The monoisotopic (exact) mass is 190 g/mol. The summed E-state index contributed by atoms with van der Waals surface area (Å²) in [7, 11) is 1.64. The van der Waals surface area contributed by atoms with Crippen molar-refractivity contribution in [3.05, 3.63) is 24.3 Å². The summed E-state index contributed by atoms with van der Waals surface area (Å²) in [6, 6.07) is 9.81. The maximum Gasteiger partial charge on any atom is 0.119 e. The molecule has 0 saturated carbocycles. The third-order valence-corrected chi connectivity index (χ3v) is 1.92. The van der Waals surface area contributed by atoms with Crippen molar-refractivity contribution < 1.29 is 4.74 Å². The molecule has 14 heavy (non-hydrogen) atoms. The van der Waals surface area contributed by atoms with E-state index in [2.05, 4.69) is 11.4 Å². The fraction of sp³-hybridized carbons (Fsp3) is 0.364. The average molecular weight is 190 g/mol. The number of anilines is 1. The first kappa shape index (κ1) is 10.4. The molecule has 1 rings (SSSR count). The quantitative estimate of drug-likeness (QED) is 0.792. The van der Waals surface area contributed by atoms with E-state index in [9.17, 15) is 0 Å². The average Bonchev–Trinajstić information content (AvgIpc) is 2.26. The van der Waals surface area contributed by atoms with Crippen LogP contribution in [0.15, 0.2) is 24.3 Å². The van der Waals surface area contributed by atoms with E-state index in [4.69, 9.17) is 10.00 Å². The molecule has 1 atom stereocenters. The minimum absolute atomic E-state index is 0.0251. The lowest BCUT2D eigenvalue weighted by Gasteiger charge is -2.07. The lowest BCUT2D eigenvalue weighted by Crippen LogP contribution is -2.08. The van der Waals surface area contributed by atoms with Gasteiger partial charge in [-0.1, -0.05) is 0 Å². The van der Waals surface area contributed by atoms with Crippen LogP contribution in [0.1, 0.15) is 6.92 Å². The normalized spacial score (nSPS) is 11.5. The van der Waals surface area contributed by atoms with Crippen molar-refractivity contribution in [3.63, 3.8) is 0 Å². The molecule has 0 spiro atoms. The molecule has 3 heteroatoms. The van der Waals surface area contributed by atoms with E-state index in [-0.39, 0.29) is 5.92 Å². The Kier molecular flexibility index (Phi) is 3.81. The zero-order valence-corrected chi connectivity index (χ0v) is 8.45. The Morgan fingerprint density at radius 1 is 1.43 bits per heavy atom. The van der Waals surface area contributed by atoms with E-state index in [1.54, 1.807) is 7.11 Å². The predicted octanol–water partition coefficient (Wildman–Crippen LogP) is 2.27. The van der Waals surface area contributed by atoms with Crippen LogP contribution in [0.2, 0.25) is 0 Å². The van der Waals surface area contributed by atoms with Gasteiger partial charge in [0.2, 0.25) is 0 Å². The zero-order chi connectivity index (χ0) is 10.4. The van der Waals surface area contributed by atoms with E-state index in [1.165, 1.54) is 0 Å². The van der Waals surface area contributed by atoms with Crippen LogP contribution in [0, 0.1) is 17.2 Å². The van der Waals surface area contributed by atoms with Crippen molar-refractivity contribution >= 4 is 5.69 Å². The zero-order valence-electron chi connectivity index (χ0n) is 8.45. The minimum atomic E-state index is 0.0251. The second kappa shape index (κ2) is 5.13. The van der Waals surface area contributed by atoms with Crippen LogP contribution in [-0.4, -0.2) is 13.7 Å². The van der Waals surface area contributed by atoms with Crippen LogP contribution < -0.4 is 10.1 Å². The van der Waals surface area contributed by atoms with Crippen molar-refractivity contribution in [1.82, 2.24) is 0 Å². The Bertz CT molecular complexity index is 313. The molecule has 0 aliphatic carbocycles. The first-order valence-electron chi connectivity index (χ1n) is 4.54. The van der Waals surface area contributed by atoms with Gasteiger partial charge in [-0.25, -0.2) is 0 Å². The third-order valence-electron chi connectivity index (χ3n) is 1.92. The number of nitrogens with one attached hydrogen (secondary N) is 1. The summed E-state index contributed by atoms with van der Waals surface area (Å²) in [4.78, 5) is 0. The van der Waals surface area contributed by atoms with Crippen LogP contribution in [0.4, 0.5) is 5.69 Å². The van der Waals surface area contributed by atoms with Gasteiger partial charge >= 0.3 is 0 Å². The van der Waals surface area contributed by atoms with Gasteiger partial charge in [-0.05, 0) is 31.2 Å². The molecule has 0 bridgehead atoms. The van der Waals surface area contributed by atoms with E-state index in [1.807, 2.05) is 31.2 Å². The Morgan fingerprint density at radius 3 is 2.57 bits per heavy atom. The number of hydrogen-bond acceptors (Lipinski definition) is 3. The highest BCUT2D eigenvalue weighted by Crippen LogP contribution is 2.15. The smallest absolute Gasteiger partial charge is 0.119 e. The first-order chi connectivity index (χ1) is 6.76. The number of rotatable bonds is 4. The maximum absolute atomic E-state index is 8.58. The summed E-state index contributed by atoms with van der Waals surface area (Å²) in [6.45, 7) is 2.55. The lowest BCUT2D eigenvalue weighted by atomic mass is 10.2. The van der Waals surface area contributed by atoms with Gasteiger partial charge in [-0.15, -0.1) is 0 Å². The van der Waals surface area contributed by atoms with Crippen LogP contribution >= 0.6 is 0 Å². The third kappa shape index (κ3) is 2.98.